The summed E-state index contributed by atoms with van der Waals surface area (Å²) in [7, 11) is 0. The van der Waals surface area contributed by atoms with Gasteiger partial charge < -0.3 is 21.3 Å². The molecule has 0 fully saturated rings. The first-order valence-corrected chi connectivity index (χ1v) is 5.59. The van der Waals surface area contributed by atoms with Gasteiger partial charge in [-0.05, 0) is 25.0 Å². The summed E-state index contributed by atoms with van der Waals surface area (Å²) in [6.45, 7) is 0.395. The van der Waals surface area contributed by atoms with Gasteiger partial charge in [0.15, 0.2) is 0 Å². The smallest absolute Gasteiger partial charge is 0.255 e. The number of carbonyl (C=O) groups is 2. The molecule has 0 heterocycles. The van der Waals surface area contributed by atoms with Crippen molar-refractivity contribution in [1.29, 1.82) is 0 Å². The fraction of sp³-hybridized carbons (Fsp3) is 0.333. The van der Waals surface area contributed by atoms with Crippen LogP contribution in [0.25, 0.3) is 0 Å². The lowest BCUT2D eigenvalue weighted by Crippen LogP contribution is -2.24. The highest BCUT2D eigenvalue weighted by atomic mass is 16.3. The molecular weight excluding hydrogens is 236 g/mol. The fourth-order valence-electron chi connectivity index (χ4n) is 1.43. The van der Waals surface area contributed by atoms with Crippen molar-refractivity contribution in [2.45, 2.75) is 19.3 Å². The molecule has 0 radical (unpaired) electrons. The molecule has 0 aliphatic heterocycles. The van der Waals surface area contributed by atoms with Crippen LogP contribution in [0.1, 0.15) is 29.6 Å². The number of primary amides is 1. The van der Waals surface area contributed by atoms with Crippen LogP contribution < -0.4 is 11.1 Å². The van der Waals surface area contributed by atoms with Gasteiger partial charge in [0.25, 0.3) is 5.91 Å². The van der Waals surface area contributed by atoms with Crippen molar-refractivity contribution in [3.05, 3.63) is 23.8 Å². The number of aromatic hydroxyl groups is 2. The molecular formula is C12H16N2O4. The zero-order chi connectivity index (χ0) is 13.5. The van der Waals surface area contributed by atoms with E-state index in [1.807, 2.05) is 0 Å². The van der Waals surface area contributed by atoms with Gasteiger partial charge in [-0.15, -0.1) is 0 Å². The molecule has 0 atom stereocenters. The van der Waals surface area contributed by atoms with Gasteiger partial charge in [0, 0.05) is 19.0 Å². The highest BCUT2D eigenvalue weighted by molar-refractivity contribution is 5.96. The topological polar surface area (TPSA) is 113 Å². The molecule has 1 aromatic rings. The van der Waals surface area contributed by atoms with Crippen LogP contribution in [0, 0.1) is 0 Å². The third-order valence-corrected chi connectivity index (χ3v) is 2.36. The lowest BCUT2D eigenvalue weighted by atomic mass is 10.1. The number of amides is 2. The van der Waals surface area contributed by atoms with E-state index in [1.165, 1.54) is 12.1 Å². The van der Waals surface area contributed by atoms with Crippen molar-refractivity contribution >= 4 is 11.8 Å². The minimum atomic E-state index is -0.424. The molecule has 98 valence electrons. The van der Waals surface area contributed by atoms with E-state index >= 15 is 0 Å². The molecule has 5 N–H and O–H groups in total. The summed E-state index contributed by atoms with van der Waals surface area (Å²) in [5, 5.41) is 21.1. The largest absolute Gasteiger partial charge is 0.508 e. The zero-order valence-electron chi connectivity index (χ0n) is 9.85. The first-order chi connectivity index (χ1) is 8.50. The quantitative estimate of drug-likeness (QED) is 0.551. The van der Waals surface area contributed by atoms with Gasteiger partial charge in [0.2, 0.25) is 5.91 Å². The Kier molecular flexibility index (Phi) is 4.98. The maximum absolute atomic E-state index is 11.6. The van der Waals surface area contributed by atoms with E-state index in [-0.39, 0.29) is 23.0 Å². The molecule has 1 aromatic carbocycles. The Hall–Kier alpha value is -2.24. The number of phenols is 2. The van der Waals surface area contributed by atoms with Crippen molar-refractivity contribution in [2.24, 2.45) is 5.73 Å². The molecule has 0 spiro atoms. The standard InChI is InChI=1S/C12H16N2O4/c13-11(17)3-1-2-6-14-12(18)9-5-4-8(15)7-10(9)16/h4-5,7,15-16H,1-3,6H2,(H2,13,17)(H,14,18). The van der Waals surface area contributed by atoms with Crippen molar-refractivity contribution < 1.29 is 19.8 Å². The molecule has 0 aromatic heterocycles. The molecule has 0 unspecified atom stereocenters. The number of hydrogen-bond donors (Lipinski definition) is 4. The molecule has 0 aliphatic carbocycles. The van der Waals surface area contributed by atoms with Gasteiger partial charge in [0.1, 0.15) is 11.5 Å². The molecule has 18 heavy (non-hydrogen) atoms. The SMILES string of the molecule is NC(=O)CCCCNC(=O)c1ccc(O)cc1O. The second-order valence-electron chi connectivity index (χ2n) is 3.88. The van der Waals surface area contributed by atoms with Crippen molar-refractivity contribution in [2.75, 3.05) is 6.54 Å². The van der Waals surface area contributed by atoms with Crippen molar-refractivity contribution in [3.63, 3.8) is 0 Å². The third-order valence-electron chi connectivity index (χ3n) is 2.36. The van der Waals surface area contributed by atoms with Crippen molar-refractivity contribution in [1.82, 2.24) is 5.32 Å². The predicted molar refractivity (Wildman–Crippen MR) is 65.2 cm³/mol. The van der Waals surface area contributed by atoms with Crippen LogP contribution in [-0.4, -0.2) is 28.6 Å². The normalized spacial score (nSPS) is 10.0. The summed E-state index contributed by atoms with van der Waals surface area (Å²) in [4.78, 5) is 22.1. The van der Waals surface area contributed by atoms with E-state index in [0.717, 1.165) is 6.07 Å². The Morgan fingerprint density at radius 2 is 1.94 bits per heavy atom. The van der Waals surface area contributed by atoms with Crippen LogP contribution in [0.15, 0.2) is 18.2 Å². The average Bonchev–Trinajstić information content (AvgIpc) is 2.27. The summed E-state index contributed by atoms with van der Waals surface area (Å²) in [6, 6.07) is 3.76. The highest BCUT2D eigenvalue weighted by Crippen LogP contribution is 2.22. The Labute approximate surface area is 104 Å². The van der Waals surface area contributed by atoms with Crippen LogP contribution in [0.5, 0.6) is 11.5 Å². The minimum absolute atomic E-state index is 0.0997. The second kappa shape index (κ2) is 6.48. The number of benzene rings is 1. The van der Waals surface area contributed by atoms with E-state index in [1.54, 1.807) is 0 Å². The summed E-state index contributed by atoms with van der Waals surface area (Å²) < 4.78 is 0. The van der Waals surface area contributed by atoms with E-state index < -0.39 is 5.91 Å². The van der Waals surface area contributed by atoms with Gasteiger partial charge in [-0.25, -0.2) is 0 Å². The van der Waals surface area contributed by atoms with Crippen LogP contribution in [0.3, 0.4) is 0 Å². The highest BCUT2D eigenvalue weighted by Gasteiger charge is 2.10. The number of carbonyl (C=O) groups excluding carboxylic acids is 2. The summed E-state index contributed by atoms with van der Waals surface area (Å²) in [5.74, 6) is -1.17. The number of unbranched alkanes of at least 4 members (excludes halogenated alkanes) is 1. The van der Waals surface area contributed by atoms with E-state index in [9.17, 15) is 14.7 Å². The molecule has 0 bridgehead atoms. The van der Waals surface area contributed by atoms with Gasteiger partial charge >= 0.3 is 0 Å². The van der Waals surface area contributed by atoms with E-state index in [4.69, 9.17) is 10.8 Å². The van der Waals surface area contributed by atoms with Gasteiger partial charge in [-0.3, -0.25) is 9.59 Å². The van der Waals surface area contributed by atoms with Crippen molar-refractivity contribution in [3.8, 4) is 11.5 Å². The van der Waals surface area contributed by atoms with E-state index in [0.29, 0.717) is 25.8 Å². The predicted octanol–water partition coefficient (Wildman–Crippen LogP) is 0.483. The van der Waals surface area contributed by atoms with Gasteiger partial charge in [-0.1, -0.05) is 0 Å². The zero-order valence-corrected chi connectivity index (χ0v) is 9.85. The first-order valence-electron chi connectivity index (χ1n) is 5.59. The summed E-state index contributed by atoms with van der Waals surface area (Å²) in [6.07, 6.45) is 1.53. The Balaban J connectivity index is 2.39. The van der Waals surface area contributed by atoms with Gasteiger partial charge in [-0.2, -0.15) is 0 Å². The first kappa shape index (κ1) is 13.8. The molecule has 6 heteroatoms. The number of rotatable bonds is 6. The lowest BCUT2D eigenvalue weighted by Gasteiger charge is -2.06. The fourth-order valence-corrected chi connectivity index (χ4v) is 1.43. The molecule has 0 saturated carbocycles. The summed E-state index contributed by atoms with van der Waals surface area (Å²) in [5.41, 5.74) is 5.08. The molecule has 0 saturated heterocycles. The van der Waals surface area contributed by atoms with Crippen LogP contribution >= 0.6 is 0 Å². The average molecular weight is 252 g/mol. The van der Waals surface area contributed by atoms with Crippen LogP contribution in [0.2, 0.25) is 0 Å². The van der Waals surface area contributed by atoms with Crippen LogP contribution in [-0.2, 0) is 4.79 Å². The maximum atomic E-state index is 11.6. The Bertz CT molecular complexity index is 446. The number of nitrogens with two attached hydrogens (primary N) is 1. The number of nitrogens with one attached hydrogen (secondary N) is 1. The Morgan fingerprint density at radius 3 is 2.56 bits per heavy atom. The third kappa shape index (κ3) is 4.32. The Morgan fingerprint density at radius 1 is 1.22 bits per heavy atom. The summed E-state index contributed by atoms with van der Waals surface area (Å²) >= 11 is 0. The lowest BCUT2D eigenvalue weighted by molar-refractivity contribution is -0.118. The number of hydrogen-bond acceptors (Lipinski definition) is 4. The van der Waals surface area contributed by atoms with Gasteiger partial charge in [0.05, 0.1) is 5.56 Å². The second-order valence-corrected chi connectivity index (χ2v) is 3.88. The van der Waals surface area contributed by atoms with E-state index in [2.05, 4.69) is 5.32 Å². The molecule has 1 rings (SSSR count). The maximum Gasteiger partial charge on any atom is 0.255 e. The monoisotopic (exact) mass is 252 g/mol. The van der Waals surface area contributed by atoms with Crippen LogP contribution in [0.4, 0.5) is 0 Å². The molecule has 6 nitrogen and oxygen atoms in total. The molecule has 2 amide bonds. The minimum Gasteiger partial charge on any atom is -0.508 e. The molecule has 0 aliphatic rings. The number of phenolic OH excluding ortho intramolecular Hbond substituents is 2.